The summed E-state index contributed by atoms with van der Waals surface area (Å²) < 4.78 is 13.1. The highest BCUT2D eigenvalue weighted by Gasteiger charge is 2.30. The van der Waals surface area contributed by atoms with Gasteiger partial charge in [-0.3, -0.25) is 9.52 Å². The van der Waals surface area contributed by atoms with Crippen LogP contribution in [0.5, 0.6) is 0 Å². The van der Waals surface area contributed by atoms with Gasteiger partial charge < -0.3 is 14.8 Å². The van der Waals surface area contributed by atoms with Gasteiger partial charge in [0.05, 0.1) is 19.9 Å². The molecule has 1 saturated carbocycles. The number of hydrogen-bond acceptors (Lipinski definition) is 8. The molecule has 0 atom stereocenters. The summed E-state index contributed by atoms with van der Waals surface area (Å²) in [6.45, 7) is 6.48. The van der Waals surface area contributed by atoms with Crippen molar-refractivity contribution in [2.24, 2.45) is 5.92 Å². The van der Waals surface area contributed by atoms with Crippen LogP contribution >= 0.6 is 23.3 Å². The van der Waals surface area contributed by atoms with Gasteiger partial charge in [0, 0.05) is 22.1 Å². The fraction of sp³-hybridized carbons (Fsp3) is 0.632. The van der Waals surface area contributed by atoms with Crippen LogP contribution in [-0.2, 0) is 14.3 Å². The van der Waals surface area contributed by atoms with Crippen LogP contribution in [0, 0.1) is 5.92 Å². The fourth-order valence-corrected chi connectivity index (χ4v) is 4.63. The molecule has 0 unspecified atom stereocenters. The topological polar surface area (TPSA) is 93.7 Å². The van der Waals surface area contributed by atoms with Crippen molar-refractivity contribution in [2.75, 3.05) is 19.5 Å². The van der Waals surface area contributed by atoms with Gasteiger partial charge in [0.15, 0.2) is 0 Å². The second-order valence-corrected chi connectivity index (χ2v) is 10.3. The number of hydrogen-bond donors (Lipinski definition) is 2. The molecule has 0 bridgehead atoms. The highest BCUT2D eigenvalue weighted by molar-refractivity contribution is 7.98. The summed E-state index contributed by atoms with van der Waals surface area (Å²) >= 11 is 2.77. The van der Waals surface area contributed by atoms with Gasteiger partial charge in [0.25, 0.3) is 0 Å². The Morgan fingerprint density at radius 1 is 1.07 bits per heavy atom. The summed E-state index contributed by atoms with van der Waals surface area (Å²) in [7, 11) is 2.47. The first-order valence-electron chi connectivity index (χ1n) is 9.18. The number of thiophene rings is 1. The van der Waals surface area contributed by atoms with Crippen molar-refractivity contribution >= 4 is 46.8 Å². The molecule has 1 aliphatic carbocycles. The fourth-order valence-electron chi connectivity index (χ4n) is 2.97. The summed E-state index contributed by atoms with van der Waals surface area (Å²) in [6, 6.07) is 0.394. The predicted molar refractivity (Wildman–Crippen MR) is 112 cm³/mol. The van der Waals surface area contributed by atoms with Crippen LogP contribution in [0.2, 0.25) is 0 Å². The molecule has 0 spiro atoms. The van der Waals surface area contributed by atoms with E-state index in [1.54, 1.807) is 17.3 Å². The average molecular weight is 429 g/mol. The number of esters is 2. The molecule has 1 aromatic heterocycles. The summed E-state index contributed by atoms with van der Waals surface area (Å²) in [6.07, 6.45) is 3.38. The van der Waals surface area contributed by atoms with Crippen molar-refractivity contribution in [3.8, 4) is 0 Å². The SMILES string of the molecule is COC(=O)c1scc(NC(=O)C2CCC(NSC(C)(C)C)CC2)c1C(=O)OC. The van der Waals surface area contributed by atoms with Crippen LogP contribution < -0.4 is 10.0 Å². The van der Waals surface area contributed by atoms with E-state index in [4.69, 9.17) is 9.47 Å². The third kappa shape index (κ3) is 5.96. The van der Waals surface area contributed by atoms with Crippen molar-refractivity contribution in [3.05, 3.63) is 15.8 Å². The Kier molecular flexibility index (Phi) is 7.91. The molecule has 1 fully saturated rings. The lowest BCUT2D eigenvalue weighted by Gasteiger charge is -2.30. The van der Waals surface area contributed by atoms with E-state index >= 15 is 0 Å². The molecule has 0 aliphatic heterocycles. The molecule has 7 nitrogen and oxygen atoms in total. The third-order valence-electron chi connectivity index (χ3n) is 4.44. The first-order valence-corrected chi connectivity index (χ1v) is 10.9. The molecule has 1 heterocycles. The third-order valence-corrected chi connectivity index (χ3v) is 6.46. The zero-order valence-corrected chi connectivity index (χ0v) is 18.6. The molecule has 0 saturated heterocycles. The van der Waals surface area contributed by atoms with Crippen LogP contribution in [0.4, 0.5) is 5.69 Å². The van der Waals surface area contributed by atoms with E-state index in [1.807, 2.05) is 0 Å². The van der Waals surface area contributed by atoms with E-state index < -0.39 is 11.9 Å². The maximum Gasteiger partial charge on any atom is 0.349 e. The molecular weight excluding hydrogens is 400 g/mol. The molecule has 2 rings (SSSR count). The molecule has 28 heavy (non-hydrogen) atoms. The Labute approximate surface area is 174 Å². The first-order chi connectivity index (χ1) is 13.2. The highest BCUT2D eigenvalue weighted by atomic mass is 32.2. The summed E-state index contributed by atoms with van der Waals surface area (Å²) in [5.74, 6) is -1.57. The number of methoxy groups -OCH3 is 2. The number of carbonyl (C=O) groups is 3. The van der Waals surface area contributed by atoms with Crippen LogP contribution in [0.25, 0.3) is 0 Å². The van der Waals surface area contributed by atoms with Crippen LogP contribution in [0.3, 0.4) is 0 Å². The van der Waals surface area contributed by atoms with Gasteiger partial charge in [-0.2, -0.15) is 0 Å². The molecule has 9 heteroatoms. The second-order valence-electron chi connectivity index (χ2n) is 7.71. The second kappa shape index (κ2) is 9.76. The number of rotatable bonds is 6. The Morgan fingerprint density at radius 2 is 1.68 bits per heavy atom. The van der Waals surface area contributed by atoms with Gasteiger partial charge in [0.2, 0.25) is 5.91 Å². The maximum absolute atomic E-state index is 12.7. The molecule has 0 aromatic carbocycles. The molecule has 0 radical (unpaired) electrons. The average Bonchev–Trinajstić information content (AvgIpc) is 3.08. The Morgan fingerprint density at radius 3 is 2.21 bits per heavy atom. The quantitative estimate of drug-likeness (QED) is 0.525. The van der Waals surface area contributed by atoms with Crippen molar-refractivity contribution in [3.63, 3.8) is 0 Å². The molecule has 1 amide bonds. The number of ether oxygens (including phenoxy) is 2. The molecule has 1 aromatic rings. The van der Waals surface area contributed by atoms with E-state index in [2.05, 4.69) is 30.8 Å². The van der Waals surface area contributed by atoms with E-state index in [1.165, 1.54) is 14.2 Å². The number of carbonyl (C=O) groups excluding carboxylic acids is 3. The molecule has 2 N–H and O–H groups in total. The van der Waals surface area contributed by atoms with Crippen molar-refractivity contribution in [1.82, 2.24) is 4.72 Å². The number of amides is 1. The lowest BCUT2D eigenvalue weighted by molar-refractivity contribution is -0.120. The monoisotopic (exact) mass is 428 g/mol. The minimum absolute atomic E-state index is 0.0460. The van der Waals surface area contributed by atoms with Crippen molar-refractivity contribution in [2.45, 2.75) is 57.2 Å². The Hall–Kier alpha value is -1.58. The summed E-state index contributed by atoms with van der Waals surface area (Å²) in [5, 5.41) is 4.38. The normalized spacial score (nSPS) is 19.8. The molecule has 1 aliphatic rings. The van der Waals surface area contributed by atoms with E-state index in [0.717, 1.165) is 37.0 Å². The van der Waals surface area contributed by atoms with Crippen LogP contribution in [0.1, 0.15) is 66.5 Å². The Bertz CT molecular complexity index is 718. The minimum atomic E-state index is -0.677. The predicted octanol–water partition coefficient (Wildman–Crippen LogP) is 3.85. The number of anilines is 1. The lowest BCUT2D eigenvalue weighted by Crippen LogP contribution is -2.35. The smallest absolute Gasteiger partial charge is 0.349 e. The van der Waals surface area contributed by atoms with Gasteiger partial charge in [-0.1, -0.05) is 11.9 Å². The van der Waals surface area contributed by atoms with Gasteiger partial charge in [-0.25, -0.2) is 9.59 Å². The van der Waals surface area contributed by atoms with Crippen molar-refractivity contribution < 1.29 is 23.9 Å². The maximum atomic E-state index is 12.7. The van der Waals surface area contributed by atoms with Crippen molar-refractivity contribution in [1.29, 1.82) is 0 Å². The lowest BCUT2D eigenvalue weighted by atomic mass is 9.86. The van der Waals surface area contributed by atoms with Gasteiger partial charge in [-0.05, 0) is 46.5 Å². The van der Waals surface area contributed by atoms with E-state index in [9.17, 15) is 14.4 Å². The molecular formula is C19H28N2O5S2. The zero-order valence-electron chi connectivity index (χ0n) is 16.9. The zero-order chi connectivity index (χ0) is 20.9. The van der Waals surface area contributed by atoms with Crippen LogP contribution in [0.15, 0.2) is 5.38 Å². The largest absolute Gasteiger partial charge is 0.465 e. The summed E-state index contributed by atoms with van der Waals surface area (Å²) in [5.41, 5.74) is 0.343. The standard InChI is InChI=1S/C19H28N2O5S2/c1-19(2,3)28-21-12-8-6-11(7-9-12)16(22)20-13-10-27-15(18(24)26-5)14(13)17(23)25-4/h10-12,21H,6-9H2,1-5H3,(H,20,22). The van der Waals surface area contributed by atoms with Gasteiger partial charge in [-0.15, -0.1) is 11.3 Å². The van der Waals surface area contributed by atoms with Gasteiger partial charge >= 0.3 is 11.9 Å². The van der Waals surface area contributed by atoms with E-state index in [0.29, 0.717) is 11.7 Å². The van der Waals surface area contributed by atoms with Gasteiger partial charge in [0.1, 0.15) is 10.4 Å². The first kappa shape index (κ1) is 22.7. The number of nitrogens with one attached hydrogen (secondary N) is 2. The summed E-state index contributed by atoms with van der Waals surface area (Å²) in [4.78, 5) is 36.8. The Balaban J connectivity index is 1.99. The highest BCUT2D eigenvalue weighted by Crippen LogP contribution is 2.32. The molecule has 156 valence electrons. The van der Waals surface area contributed by atoms with E-state index in [-0.39, 0.29) is 27.0 Å². The minimum Gasteiger partial charge on any atom is -0.465 e. The van der Waals surface area contributed by atoms with Crippen LogP contribution in [-0.4, -0.2) is 42.9 Å².